The highest BCUT2D eigenvalue weighted by atomic mass is 16.5. The van der Waals surface area contributed by atoms with Crippen LogP contribution in [0.1, 0.15) is 31.9 Å². The van der Waals surface area contributed by atoms with Gasteiger partial charge in [-0.1, -0.05) is 25.1 Å². The van der Waals surface area contributed by atoms with Crippen molar-refractivity contribution in [1.29, 1.82) is 0 Å². The fourth-order valence-corrected chi connectivity index (χ4v) is 1.76. The van der Waals surface area contributed by atoms with Gasteiger partial charge in [0.1, 0.15) is 12.4 Å². The third-order valence-corrected chi connectivity index (χ3v) is 2.80. The summed E-state index contributed by atoms with van der Waals surface area (Å²) in [5.41, 5.74) is 1.30. The molecule has 0 spiro atoms. The molecule has 1 N–H and O–H groups in total. The highest BCUT2D eigenvalue weighted by molar-refractivity contribution is 5.39. The molecule has 2 nitrogen and oxygen atoms in total. The van der Waals surface area contributed by atoms with Gasteiger partial charge in [-0.15, -0.1) is 0 Å². The van der Waals surface area contributed by atoms with E-state index in [1.165, 1.54) is 5.56 Å². The lowest BCUT2D eigenvalue weighted by Crippen LogP contribution is -2.30. The molecule has 0 aromatic heterocycles. The van der Waals surface area contributed by atoms with E-state index < -0.39 is 0 Å². The SMILES string of the molecule is CCC(C)NC1COc2ccccc21. The highest BCUT2D eigenvalue weighted by Crippen LogP contribution is 2.31. The normalized spacial score (nSPS) is 21.4. The Balaban J connectivity index is 2.10. The maximum Gasteiger partial charge on any atom is 0.124 e. The summed E-state index contributed by atoms with van der Waals surface area (Å²) in [6.45, 7) is 5.17. The van der Waals surface area contributed by atoms with Gasteiger partial charge in [0.2, 0.25) is 0 Å². The number of fused-ring (bicyclic) bond motifs is 1. The first-order valence-electron chi connectivity index (χ1n) is 5.29. The zero-order chi connectivity index (χ0) is 9.97. The minimum Gasteiger partial charge on any atom is -0.491 e. The maximum absolute atomic E-state index is 5.59. The molecule has 0 aliphatic carbocycles. The van der Waals surface area contributed by atoms with Crippen molar-refractivity contribution in [2.75, 3.05) is 6.61 Å². The molecule has 0 radical (unpaired) electrons. The van der Waals surface area contributed by atoms with E-state index in [1.54, 1.807) is 0 Å². The van der Waals surface area contributed by atoms with Crippen LogP contribution in [0.15, 0.2) is 24.3 Å². The zero-order valence-corrected chi connectivity index (χ0v) is 8.79. The van der Waals surface area contributed by atoms with Crippen LogP contribution >= 0.6 is 0 Å². The molecule has 2 atom stereocenters. The standard InChI is InChI=1S/C12H17NO/c1-3-9(2)13-11-8-14-12-7-5-4-6-10(11)12/h4-7,9,11,13H,3,8H2,1-2H3. The van der Waals surface area contributed by atoms with Crippen molar-refractivity contribution < 1.29 is 4.74 Å². The Morgan fingerprint density at radius 2 is 2.29 bits per heavy atom. The summed E-state index contributed by atoms with van der Waals surface area (Å²) in [6.07, 6.45) is 1.15. The van der Waals surface area contributed by atoms with E-state index in [9.17, 15) is 0 Å². The summed E-state index contributed by atoms with van der Waals surface area (Å²) in [7, 11) is 0. The number of hydrogen-bond acceptors (Lipinski definition) is 2. The van der Waals surface area contributed by atoms with Crippen molar-refractivity contribution in [2.24, 2.45) is 0 Å². The summed E-state index contributed by atoms with van der Waals surface area (Å²) in [5, 5.41) is 3.56. The third kappa shape index (κ3) is 1.75. The van der Waals surface area contributed by atoms with E-state index in [1.807, 2.05) is 12.1 Å². The van der Waals surface area contributed by atoms with E-state index in [2.05, 4.69) is 31.3 Å². The molecule has 76 valence electrons. The lowest BCUT2D eigenvalue weighted by molar-refractivity contribution is 0.298. The second kappa shape index (κ2) is 4.01. The second-order valence-electron chi connectivity index (χ2n) is 3.88. The monoisotopic (exact) mass is 191 g/mol. The van der Waals surface area contributed by atoms with Crippen LogP contribution in [0.4, 0.5) is 0 Å². The minimum absolute atomic E-state index is 0.376. The first-order chi connectivity index (χ1) is 6.81. The molecule has 0 saturated heterocycles. The van der Waals surface area contributed by atoms with Gasteiger partial charge in [-0.2, -0.15) is 0 Å². The van der Waals surface area contributed by atoms with Crippen LogP contribution in [0.2, 0.25) is 0 Å². The maximum atomic E-state index is 5.59. The van der Waals surface area contributed by atoms with E-state index in [0.29, 0.717) is 12.1 Å². The Kier molecular flexibility index (Phi) is 2.73. The van der Waals surface area contributed by atoms with Gasteiger partial charge < -0.3 is 10.1 Å². The summed E-state index contributed by atoms with van der Waals surface area (Å²) in [4.78, 5) is 0. The highest BCUT2D eigenvalue weighted by Gasteiger charge is 2.23. The summed E-state index contributed by atoms with van der Waals surface area (Å²) < 4.78 is 5.59. The van der Waals surface area contributed by atoms with E-state index in [-0.39, 0.29) is 0 Å². The van der Waals surface area contributed by atoms with Gasteiger partial charge in [0, 0.05) is 11.6 Å². The number of hydrogen-bond donors (Lipinski definition) is 1. The molecule has 2 unspecified atom stereocenters. The van der Waals surface area contributed by atoms with Crippen LogP contribution in [-0.2, 0) is 0 Å². The van der Waals surface area contributed by atoms with Crippen LogP contribution in [-0.4, -0.2) is 12.6 Å². The second-order valence-corrected chi connectivity index (χ2v) is 3.88. The van der Waals surface area contributed by atoms with Gasteiger partial charge in [0.05, 0.1) is 6.04 Å². The molecule has 0 bridgehead atoms. The summed E-state index contributed by atoms with van der Waals surface area (Å²) in [5.74, 6) is 1.04. The number of ether oxygens (including phenoxy) is 1. The fourth-order valence-electron chi connectivity index (χ4n) is 1.76. The van der Waals surface area contributed by atoms with Gasteiger partial charge in [0.15, 0.2) is 0 Å². The van der Waals surface area contributed by atoms with Crippen molar-refractivity contribution in [3.63, 3.8) is 0 Å². The smallest absolute Gasteiger partial charge is 0.124 e. The first kappa shape index (κ1) is 9.53. The van der Waals surface area contributed by atoms with Crippen molar-refractivity contribution in [1.82, 2.24) is 5.32 Å². The molecule has 0 saturated carbocycles. The summed E-state index contributed by atoms with van der Waals surface area (Å²) in [6, 6.07) is 9.19. The van der Waals surface area contributed by atoms with Crippen molar-refractivity contribution in [3.05, 3.63) is 29.8 Å². The zero-order valence-electron chi connectivity index (χ0n) is 8.79. The molecule has 0 amide bonds. The molecule has 1 heterocycles. The van der Waals surface area contributed by atoms with Crippen LogP contribution in [0.3, 0.4) is 0 Å². The van der Waals surface area contributed by atoms with Gasteiger partial charge in [-0.05, 0) is 19.4 Å². The van der Waals surface area contributed by atoms with Crippen LogP contribution in [0, 0.1) is 0 Å². The average molecular weight is 191 g/mol. The summed E-state index contributed by atoms with van der Waals surface area (Å²) >= 11 is 0. The predicted octanol–water partition coefficient (Wildman–Crippen LogP) is 2.51. The molecule has 2 heteroatoms. The Hall–Kier alpha value is -1.02. The molecule has 0 fully saturated rings. The molecule has 1 aliphatic heterocycles. The molecule has 2 rings (SSSR count). The van der Waals surface area contributed by atoms with Crippen LogP contribution < -0.4 is 10.1 Å². The van der Waals surface area contributed by atoms with Crippen molar-refractivity contribution in [3.8, 4) is 5.75 Å². The Bertz CT molecular complexity index is 311. The Labute approximate surface area is 85.3 Å². The quantitative estimate of drug-likeness (QED) is 0.792. The van der Waals surface area contributed by atoms with Crippen molar-refractivity contribution >= 4 is 0 Å². The lowest BCUT2D eigenvalue weighted by atomic mass is 10.1. The van der Waals surface area contributed by atoms with E-state index >= 15 is 0 Å². The fraction of sp³-hybridized carbons (Fsp3) is 0.500. The van der Waals surface area contributed by atoms with E-state index in [0.717, 1.165) is 18.8 Å². The first-order valence-corrected chi connectivity index (χ1v) is 5.29. The predicted molar refractivity (Wildman–Crippen MR) is 57.6 cm³/mol. The minimum atomic E-state index is 0.376. The lowest BCUT2D eigenvalue weighted by Gasteiger charge is -2.16. The number of nitrogens with one attached hydrogen (secondary N) is 1. The van der Waals surface area contributed by atoms with Gasteiger partial charge in [-0.25, -0.2) is 0 Å². The third-order valence-electron chi connectivity index (χ3n) is 2.80. The molecule has 1 aliphatic rings. The topological polar surface area (TPSA) is 21.3 Å². The number of para-hydroxylation sites is 1. The number of benzene rings is 1. The molecular formula is C12H17NO. The molecule has 1 aromatic carbocycles. The van der Waals surface area contributed by atoms with Gasteiger partial charge in [-0.3, -0.25) is 0 Å². The average Bonchev–Trinajstić information content (AvgIpc) is 2.62. The molecular weight excluding hydrogens is 174 g/mol. The largest absolute Gasteiger partial charge is 0.491 e. The van der Waals surface area contributed by atoms with Gasteiger partial charge >= 0.3 is 0 Å². The van der Waals surface area contributed by atoms with Crippen LogP contribution in [0.25, 0.3) is 0 Å². The van der Waals surface area contributed by atoms with Gasteiger partial charge in [0.25, 0.3) is 0 Å². The van der Waals surface area contributed by atoms with Crippen LogP contribution in [0.5, 0.6) is 5.75 Å². The van der Waals surface area contributed by atoms with Crippen molar-refractivity contribution in [2.45, 2.75) is 32.4 Å². The Morgan fingerprint density at radius 3 is 3.07 bits per heavy atom. The molecule has 1 aromatic rings. The molecule has 14 heavy (non-hydrogen) atoms. The number of rotatable bonds is 3. The Morgan fingerprint density at radius 1 is 1.50 bits per heavy atom. The van der Waals surface area contributed by atoms with E-state index in [4.69, 9.17) is 4.74 Å².